The smallest absolute Gasteiger partial charge is 0.296 e. The Hall–Kier alpha value is -2.18. The predicted molar refractivity (Wildman–Crippen MR) is 98.1 cm³/mol. The highest BCUT2D eigenvalue weighted by Crippen LogP contribution is 2.32. The van der Waals surface area contributed by atoms with Crippen LogP contribution in [0.1, 0.15) is 23.2 Å². The first-order valence-electron chi connectivity index (χ1n) is 8.67. The second-order valence-electron chi connectivity index (χ2n) is 6.93. The third-order valence-electron chi connectivity index (χ3n) is 5.02. The number of rotatable bonds is 4. The molecule has 2 aromatic carbocycles. The summed E-state index contributed by atoms with van der Waals surface area (Å²) in [5, 5.41) is 0.881. The Kier molecular flexibility index (Phi) is 4.32. The van der Waals surface area contributed by atoms with Crippen molar-refractivity contribution in [2.75, 3.05) is 6.61 Å². The molecule has 1 aromatic heterocycles. The van der Waals surface area contributed by atoms with Gasteiger partial charge in [-0.05, 0) is 68.0 Å². The van der Waals surface area contributed by atoms with Crippen LogP contribution in [0, 0.1) is 18.7 Å². The summed E-state index contributed by atoms with van der Waals surface area (Å²) >= 11 is 0. The maximum Gasteiger partial charge on any atom is 0.296 e. The van der Waals surface area contributed by atoms with Crippen LogP contribution in [-0.2, 0) is 27.1 Å². The minimum atomic E-state index is -3.76. The molecule has 136 valence electrons. The van der Waals surface area contributed by atoms with E-state index < -0.39 is 10.1 Å². The van der Waals surface area contributed by atoms with Gasteiger partial charge < -0.3 is 4.98 Å². The largest absolute Gasteiger partial charge is 0.358 e. The number of aromatic amines is 1. The molecule has 1 aliphatic carbocycles. The standard InChI is InChI=1S/C20H20FNO3S/c1-13-2-6-16(7-3-13)26(23,24)25-12-14-4-8-19-17(10-14)18-11-15(21)5-9-20(18)22-19/h2-3,5-7,9,11,14,22H,4,8,10,12H2,1H3. The van der Waals surface area contributed by atoms with Crippen LogP contribution in [0.4, 0.5) is 4.39 Å². The van der Waals surface area contributed by atoms with Crippen LogP contribution in [-0.4, -0.2) is 20.0 Å². The van der Waals surface area contributed by atoms with Gasteiger partial charge in [0.25, 0.3) is 10.1 Å². The summed E-state index contributed by atoms with van der Waals surface area (Å²) < 4.78 is 43.6. The molecule has 1 aliphatic rings. The van der Waals surface area contributed by atoms with Crippen molar-refractivity contribution in [1.82, 2.24) is 4.98 Å². The van der Waals surface area contributed by atoms with Crippen LogP contribution in [0.2, 0.25) is 0 Å². The number of fused-ring (bicyclic) bond motifs is 3. The highest BCUT2D eigenvalue weighted by Gasteiger charge is 2.25. The van der Waals surface area contributed by atoms with Crippen molar-refractivity contribution in [3.63, 3.8) is 0 Å². The van der Waals surface area contributed by atoms with E-state index in [9.17, 15) is 12.8 Å². The SMILES string of the molecule is Cc1ccc(S(=O)(=O)OCC2CCc3[nH]c4ccc(F)cc4c3C2)cc1. The number of H-pyrrole nitrogens is 1. The van der Waals surface area contributed by atoms with Gasteiger partial charge in [0, 0.05) is 16.6 Å². The van der Waals surface area contributed by atoms with Crippen LogP contribution in [0.25, 0.3) is 10.9 Å². The summed E-state index contributed by atoms with van der Waals surface area (Å²) in [4.78, 5) is 3.52. The van der Waals surface area contributed by atoms with Crippen molar-refractivity contribution in [2.24, 2.45) is 5.92 Å². The molecule has 1 N–H and O–H groups in total. The van der Waals surface area contributed by atoms with Crippen molar-refractivity contribution >= 4 is 21.0 Å². The number of hydrogen-bond acceptors (Lipinski definition) is 3. The predicted octanol–water partition coefficient (Wildman–Crippen LogP) is 4.13. The normalized spacial score (nSPS) is 17.4. The van der Waals surface area contributed by atoms with Crippen LogP contribution in [0.3, 0.4) is 0 Å². The summed E-state index contributed by atoms with van der Waals surface area (Å²) in [5.41, 5.74) is 4.11. The molecule has 0 aliphatic heterocycles. The molecule has 4 nitrogen and oxygen atoms in total. The zero-order valence-corrected chi connectivity index (χ0v) is 15.3. The van der Waals surface area contributed by atoms with E-state index in [0.29, 0.717) is 6.42 Å². The zero-order valence-electron chi connectivity index (χ0n) is 14.5. The Morgan fingerprint density at radius 2 is 1.96 bits per heavy atom. The van der Waals surface area contributed by atoms with Crippen molar-refractivity contribution in [3.05, 3.63) is 65.1 Å². The van der Waals surface area contributed by atoms with E-state index in [1.807, 2.05) is 6.92 Å². The fourth-order valence-corrected chi connectivity index (χ4v) is 4.54. The Balaban J connectivity index is 1.50. The highest BCUT2D eigenvalue weighted by atomic mass is 32.2. The van der Waals surface area contributed by atoms with Crippen LogP contribution in [0.5, 0.6) is 0 Å². The topological polar surface area (TPSA) is 59.2 Å². The van der Waals surface area contributed by atoms with Crippen LogP contribution in [0.15, 0.2) is 47.4 Å². The number of nitrogens with one attached hydrogen (secondary N) is 1. The molecule has 4 rings (SSSR count). The van der Waals surface area contributed by atoms with Gasteiger partial charge in [-0.25, -0.2) is 4.39 Å². The molecule has 0 saturated carbocycles. The van der Waals surface area contributed by atoms with Gasteiger partial charge in [-0.15, -0.1) is 0 Å². The van der Waals surface area contributed by atoms with Crippen molar-refractivity contribution < 1.29 is 17.0 Å². The molecule has 0 radical (unpaired) electrons. The van der Waals surface area contributed by atoms with Gasteiger partial charge in [0.05, 0.1) is 11.5 Å². The van der Waals surface area contributed by atoms with E-state index in [1.165, 1.54) is 12.1 Å². The van der Waals surface area contributed by atoms with E-state index in [-0.39, 0.29) is 23.2 Å². The first kappa shape index (κ1) is 17.2. The molecule has 1 atom stereocenters. The lowest BCUT2D eigenvalue weighted by Gasteiger charge is -2.22. The van der Waals surface area contributed by atoms with E-state index in [0.717, 1.165) is 40.6 Å². The molecule has 0 bridgehead atoms. The number of benzene rings is 2. The Labute approximate surface area is 152 Å². The van der Waals surface area contributed by atoms with Gasteiger partial charge in [-0.3, -0.25) is 4.18 Å². The molecule has 26 heavy (non-hydrogen) atoms. The minimum Gasteiger partial charge on any atom is -0.358 e. The molecule has 3 aromatic rings. The molecule has 0 fully saturated rings. The van der Waals surface area contributed by atoms with Gasteiger partial charge in [-0.2, -0.15) is 8.42 Å². The van der Waals surface area contributed by atoms with Gasteiger partial charge in [-0.1, -0.05) is 17.7 Å². The first-order valence-corrected chi connectivity index (χ1v) is 10.1. The maximum absolute atomic E-state index is 13.6. The molecular weight excluding hydrogens is 353 g/mol. The number of halogens is 1. The Bertz CT molecular complexity index is 1050. The number of hydrogen-bond donors (Lipinski definition) is 1. The van der Waals surface area contributed by atoms with Crippen molar-refractivity contribution in [2.45, 2.75) is 31.1 Å². The fraction of sp³-hybridized carbons (Fsp3) is 0.300. The molecule has 1 heterocycles. The fourth-order valence-electron chi connectivity index (χ4n) is 3.56. The van der Waals surface area contributed by atoms with E-state index in [2.05, 4.69) is 4.98 Å². The van der Waals surface area contributed by atoms with Gasteiger partial charge in [0.1, 0.15) is 5.82 Å². The molecule has 6 heteroatoms. The van der Waals surface area contributed by atoms with Crippen molar-refractivity contribution in [3.8, 4) is 0 Å². The third-order valence-corrected chi connectivity index (χ3v) is 6.32. The number of aromatic nitrogens is 1. The van der Waals surface area contributed by atoms with Crippen LogP contribution < -0.4 is 0 Å². The third kappa shape index (κ3) is 3.27. The quantitative estimate of drug-likeness (QED) is 0.700. The molecule has 0 spiro atoms. The number of aryl methyl sites for hydroxylation is 2. The lowest BCUT2D eigenvalue weighted by atomic mass is 9.87. The molecular formula is C20H20FNO3S. The van der Waals surface area contributed by atoms with Crippen molar-refractivity contribution in [1.29, 1.82) is 0 Å². The van der Waals surface area contributed by atoms with E-state index in [4.69, 9.17) is 4.18 Å². The average Bonchev–Trinajstić information content (AvgIpc) is 2.98. The van der Waals surface area contributed by atoms with E-state index >= 15 is 0 Å². The lowest BCUT2D eigenvalue weighted by Crippen LogP contribution is -2.21. The maximum atomic E-state index is 13.6. The van der Waals surface area contributed by atoms with Gasteiger partial charge >= 0.3 is 0 Å². The molecule has 0 amide bonds. The second kappa shape index (κ2) is 6.52. The first-order chi connectivity index (χ1) is 12.4. The van der Waals surface area contributed by atoms with Crippen LogP contribution >= 0.6 is 0 Å². The molecule has 0 saturated heterocycles. The van der Waals surface area contributed by atoms with Gasteiger partial charge in [0.2, 0.25) is 0 Å². The zero-order chi connectivity index (χ0) is 18.3. The summed E-state index contributed by atoms with van der Waals surface area (Å²) in [6, 6.07) is 11.4. The van der Waals surface area contributed by atoms with E-state index in [1.54, 1.807) is 30.3 Å². The summed E-state index contributed by atoms with van der Waals surface area (Å²) in [6.07, 6.45) is 2.33. The van der Waals surface area contributed by atoms with Gasteiger partial charge in [0.15, 0.2) is 0 Å². The Morgan fingerprint density at radius 1 is 1.19 bits per heavy atom. The Morgan fingerprint density at radius 3 is 2.73 bits per heavy atom. The lowest BCUT2D eigenvalue weighted by molar-refractivity contribution is 0.239. The monoisotopic (exact) mass is 373 g/mol. The second-order valence-corrected chi connectivity index (χ2v) is 8.55. The summed E-state index contributed by atoms with van der Waals surface area (Å²) in [6.45, 7) is 2.04. The highest BCUT2D eigenvalue weighted by molar-refractivity contribution is 7.86. The average molecular weight is 373 g/mol. The minimum absolute atomic E-state index is 0.0880. The summed E-state index contributed by atoms with van der Waals surface area (Å²) in [5.74, 6) is -0.176. The summed E-state index contributed by atoms with van der Waals surface area (Å²) in [7, 11) is -3.76. The molecule has 1 unspecified atom stereocenters.